The minimum absolute atomic E-state index is 0.255. The number of phenols is 1. The molecule has 1 aromatic heterocycles. The number of para-hydroxylation sites is 1. The van der Waals surface area contributed by atoms with E-state index in [-0.39, 0.29) is 5.75 Å². The highest BCUT2D eigenvalue weighted by Crippen LogP contribution is 2.43. The predicted molar refractivity (Wildman–Crippen MR) is 105 cm³/mol. The van der Waals surface area contributed by atoms with Crippen LogP contribution in [0.3, 0.4) is 0 Å². The third kappa shape index (κ3) is 2.31. The topological polar surface area (TPSA) is 33.1 Å². The molecule has 1 aliphatic rings. The lowest BCUT2D eigenvalue weighted by Gasteiger charge is -2.13. The maximum atomic E-state index is 10.3. The van der Waals surface area contributed by atoms with Crippen molar-refractivity contribution < 1.29 is 5.11 Å². The fraction of sp³-hybridized carbons (Fsp3) is 0.0417. The predicted octanol–water partition coefficient (Wildman–Crippen LogP) is 5.69. The average molecular weight is 335 g/mol. The molecule has 0 saturated carbocycles. The van der Waals surface area contributed by atoms with Crippen molar-refractivity contribution in [3.05, 3.63) is 96.1 Å². The molecule has 124 valence electrons. The number of pyridine rings is 1. The summed E-state index contributed by atoms with van der Waals surface area (Å²) >= 11 is 0. The Morgan fingerprint density at radius 1 is 0.692 bits per heavy atom. The third-order valence-corrected chi connectivity index (χ3v) is 5.03. The van der Waals surface area contributed by atoms with E-state index in [1.54, 1.807) is 6.07 Å². The Hall–Kier alpha value is -3.39. The summed E-state index contributed by atoms with van der Waals surface area (Å²) in [5.41, 5.74) is 8.71. The molecule has 0 atom stereocenters. The molecule has 3 aromatic carbocycles. The summed E-state index contributed by atoms with van der Waals surface area (Å²) in [6.45, 7) is 0. The van der Waals surface area contributed by atoms with Gasteiger partial charge in [-0.15, -0.1) is 0 Å². The SMILES string of the molecule is Oc1ccccc1-c1cc(-c2ccccc2)c2c(n1)-c1ccccc1C2. The minimum Gasteiger partial charge on any atom is -0.507 e. The molecule has 0 spiro atoms. The molecule has 2 nitrogen and oxygen atoms in total. The second-order valence-electron chi connectivity index (χ2n) is 6.60. The Labute approximate surface area is 152 Å². The van der Waals surface area contributed by atoms with Crippen LogP contribution in [0.1, 0.15) is 11.1 Å². The summed E-state index contributed by atoms with van der Waals surface area (Å²) in [5, 5.41) is 10.3. The third-order valence-electron chi connectivity index (χ3n) is 5.03. The van der Waals surface area contributed by atoms with E-state index in [9.17, 15) is 5.11 Å². The number of phenolic OH excluding ortho intramolecular Hbond substituents is 1. The maximum Gasteiger partial charge on any atom is 0.124 e. The molecule has 1 N–H and O–H groups in total. The van der Waals surface area contributed by atoms with Gasteiger partial charge in [0.05, 0.1) is 11.4 Å². The van der Waals surface area contributed by atoms with Gasteiger partial charge < -0.3 is 5.11 Å². The van der Waals surface area contributed by atoms with Crippen LogP contribution in [0, 0.1) is 0 Å². The van der Waals surface area contributed by atoms with Gasteiger partial charge >= 0.3 is 0 Å². The molecule has 0 amide bonds. The molecule has 1 aliphatic carbocycles. The van der Waals surface area contributed by atoms with Crippen LogP contribution in [0.25, 0.3) is 33.6 Å². The Morgan fingerprint density at radius 2 is 1.38 bits per heavy atom. The number of nitrogens with zero attached hydrogens (tertiary/aromatic N) is 1. The van der Waals surface area contributed by atoms with Gasteiger partial charge in [-0.2, -0.15) is 0 Å². The van der Waals surface area contributed by atoms with E-state index in [0.29, 0.717) is 0 Å². The lowest BCUT2D eigenvalue weighted by atomic mass is 9.96. The van der Waals surface area contributed by atoms with Crippen LogP contribution in [0.2, 0.25) is 0 Å². The van der Waals surface area contributed by atoms with Gasteiger partial charge in [-0.05, 0) is 40.5 Å². The standard InChI is InChI=1S/C24H17NO/c26-23-13-7-6-12-19(23)22-15-20(16-8-2-1-3-9-16)21-14-17-10-4-5-11-18(17)24(21)25-22/h1-13,15,26H,14H2. The molecule has 0 radical (unpaired) electrons. The molecule has 0 saturated heterocycles. The van der Waals surface area contributed by atoms with Gasteiger partial charge in [0, 0.05) is 17.5 Å². The summed E-state index contributed by atoms with van der Waals surface area (Å²) < 4.78 is 0. The Morgan fingerprint density at radius 3 is 2.19 bits per heavy atom. The second-order valence-corrected chi connectivity index (χ2v) is 6.60. The smallest absolute Gasteiger partial charge is 0.124 e. The van der Waals surface area contributed by atoms with Crippen molar-refractivity contribution in [1.82, 2.24) is 4.98 Å². The monoisotopic (exact) mass is 335 g/mol. The van der Waals surface area contributed by atoms with Crippen molar-refractivity contribution in [1.29, 1.82) is 0 Å². The van der Waals surface area contributed by atoms with Crippen LogP contribution in [0.4, 0.5) is 0 Å². The number of fused-ring (bicyclic) bond motifs is 3. The molecule has 0 aliphatic heterocycles. The second kappa shape index (κ2) is 5.85. The zero-order chi connectivity index (χ0) is 17.5. The van der Waals surface area contributed by atoms with Gasteiger partial charge in [-0.3, -0.25) is 0 Å². The maximum absolute atomic E-state index is 10.3. The van der Waals surface area contributed by atoms with Gasteiger partial charge in [0.25, 0.3) is 0 Å². The van der Waals surface area contributed by atoms with Gasteiger partial charge in [0.1, 0.15) is 5.75 Å². The molecule has 2 heteroatoms. The minimum atomic E-state index is 0.255. The van der Waals surface area contributed by atoms with E-state index in [1.165, 1.54) is 27.8 Å². The first kappa shape index (κ1) is 14.9. The van der Waals surface area contributed by atoms with E-state index < -0.39 is 0 Å². The number of benzene rings is 3. The highest BCUT2D eigenvalue weighted by atomic mass is 16.3. The molecule has 1 heterocycles. The summed E-state index contributed by atoms with van der Waals surface area (Å²) in [4.78, 5) is 4.95. The van der Waals surface area contributed by atoms with Gasteiger partial charge in [0.2, 0.25) is 0 Å². The van der Waals surface area contributed by atoms with Crippen LogP contribution in [-0.2, 0) is 6.42 Å². The molecule has 4 aromatic rings. The van der Waals surface area contributed by atoms with Crippen molar-refractivity contribution in [3.63, 3.8) is 0 Å². The lowest BCUT2D eigenvalue weighted by Crippen LogP contribution is -1.94. The highest BCUT2D eigenvalue weighted by molar-refractivity contribution is 5.86. The average Bonchev–Trinajstić information content (AvgIpc) is 3.07. The molecular formula is C24H17NO. The fourth-order valence-corrected chi connectivity index (χ4v) is 3.77. The van der Waals surface area contributed by atoms with E-state index >= 15 is 0 Å². The van der Waals surface area contributed by atoms with Crippen molar-refractivity contribution in [2.24, 2.45) is 0 Å². The van der Waals surface area contributed by atoms with Gasteiger partial charge in [-0.1, -0.05) is 66.7 Å². The molecule has 0 bridgehead atoms. The largest absolute Gasteiger partial charge is 0.507 e. The quantitative estimate of drug-likeness (QED) is 0.449. The number of rotatable bonds is 2. The van der Waals surface area contributed by atoms with Crippen molar-refractivity contribution in [2.75, 3.05) is 0 Å². The van der Waals surface area contributed by atoms with Crippen LogP contribution in [0.5, 0.6) is 5.75 Å². The number of hydrogen-bond donors (Lipinski definition) is 1. The summed E-state index contributed by atoms with van der Waals surface area (Å²) in [7, 11) is 0. The summed E-state index contributed by atoms with van der Waals surface area (Å²) in [6, 6.07) is 28.4. The fourth-order valence-electron chi connectivity index (χ4n) is 3.77. The lowest BCUT2D eigenvalue weighted by molar-refractivity contribution is 0.477. The van der Waals surface area contributed by atoms with E-state index in [2.05, 4.69) is 54.6 Å². The molecule has 26 heavy (non-hydrogen) atoms. The molecule has 0 fully saturated rings. The Kier molecular flexibility index (Phi) is 3.36. The Bertz CT molecular complexity index is 1120. The van der Waals surface area contributed by atoms with Crippen molar-refractivity contribution in [2.45, 2.75) is 6.42 Å². The van der Waals surface area contributed by atoms with Crippen LogP contribution in [-0.4, -0.2) is 10.1 Å². The van der Waals surface area contributed by atoms with Crippen molar-refractivity contribution >= 4 is 0 Å². The number of aromatic nitrogens is 1. The first-order valence-electron chi connectivity index (χ1n) is 8.77. The first-order valence-corrected chi connectivity index (χ1v) is 8.77. The zero-order valence-electron chi connectivity index (χ0n) is 14.2. The molecule has 5 rings (SSSR count). The number of aromatic hydroxyl groups is 1. The van der Waals surface area contributed by atoms with Crippen LogP contribution in [0.15, 0.2) is 84.9 Å². The highest BCUT2D eigenvalue weighted by Gasteiger charge is 2.24. The normalized spacial score (nSPS) is 11.8. The summed E-state index contributed by atoms with van der Waals surface area (Å²) in [5.74, 6) is 0.255. The van der Waals surface area contributed by atoms with Gasteiger partial charge in [0.15, 0.2) is 0 Å². The first-order chi connectivity index (χ1) is 12.8. The number of hydrogen-bond acceptors (Lipinski definition) is 2. The van der Waals surface area contributed by atoms with Crippen LogP contribution < -0.4 is 0 Å². The molecule has 0 unspecified atom stereocenters. The zero-order valence-corrected chi connectivity index (χ0v) is 14.2. The summed E-state index contributed by atoms with van der Waals surface area (Å²) in [6.07, 6.45) is 0.893. The van der Waals surface area contributed by atoms with Crippen LogP contribution >= 0.6 is 0 Å². The Balaban J connectivity index is 1.81. The van der Waals surface area contributed by atoms with Crippen molar-refractivity contribution in [3.8, 4) is 39.4 Å². The van der Waals surface area contributed by atoms with Gasteiger partial charge in [-0.25, -0.2) is 4.98 Å². The molecular weight excluding hydrogens is 318 g/mol. The van der Waals surface area contributed by atoms with E-state index in [1.807, 2.05) is 24.3 Å². The van der Waals surface area contributed by atoms with E-state index in [0.717, 1.165) is 23.4 Å². The van der Waals surface area contributed by atoms with E-state index in [4.69, 9.17) is 4.98 Å².